The van der Waals surface area contributed by atoms with E-state index in [1.54, 1.807) is 24.3 Å². The van der Waals surface area contributed by atoms with Crippen LogP contribution in [-0.4, -0.2) is 61.9 Å². The van der Waals surface area contributed by atoms with E-state index in [4.69, 9.17) is 20.4 Å². The Morgan fingerprint density at radius 2 is 0.952 bits per heavy atom. The number of aromatic hydroxyl groups is 2. The Morgan fingerprint density at radius 3 is 1.14 bits per heavy atom. The van der Waals surface area contributed by atoms with Gasteiger partial charge < -0.3 is 20.4 Å². The number of aromatic carboxylic acids is 2. The zero-order valence-electron chi connectivity index (χ0n) is 10.2. The number of para-hydroxylation sites is 2. The normalized spacial score (nSPS) is 8.76. The zero-order chi connectivity index (χ0) is 15.1. The van der Waals surface area contributed by atoms with Crippen LogP contribution in [0.15, 0.2) is 48.5 Å². The molecule has 0 saturated heterocycles. The van der Waals surface area contributed by atoms with Crippen LogP contribution in [0.4, 0.5) is 0 Å². The summed E-state index contributed by atoms with van der Waals surface area (Å²) < 4.78 is 0. The van der Waals surface area contributed by atoms with Crippen molar-refractivity contribution in [3.05, 3.63) is 59.7 Å². The van der Waals surface area contributed by atoms with E-state index >= 15 is 0 Å². The van der Waals surface area contributed by atoms with Gasteiger partial charge in [-0.15, -0.1) is 0 Å². The molecule has 0 fully saturated rings. The van der Waals surface area contributed by atoms with Gasteiger partial charge in [-0.3, -0.25) is 0 Å². The average molecular weight is 300 g/mol. The molecule has 21 heavy (non-hydrogen) atoms. The standard InChI is InChI=1S/2C7H6O3.Na.H/c2*8-6-4-2-1-3-5(6)7(9)10;;/h2*1-4,8H,(H,9,10);;. The van der Waals surface area contributed by atoms with Crippen LogP contribution < -0.4 is 0 Å². The monoisotopic (exact) mass is 300 g/mol. The molecular weight excluding hydrogens is 287 g/mol. The first kappa shape index (κ1) is 19.0. The predicted octanol–water partition coefficient (Wildman–Crippen LogP) is 1.53. The Morgan fingerprint density at radius 1 is 0.667 bits per heavy atom. The molecule has 0 unspecified atom stereocenters. The molecule has 0 saturated carbocycles. The van der Waals surface area contributed by atoms with Crippen molar-refractivity contribution in [3.63, 3.8) is 0 Å². The molecule has 0 aliphatic carbocycles. The fourth-order valence-corrected chi connectivity index (χ4v) is 1.31. The van der Waals surface area contributed by atoms with E-state index in [-0.39, 0.29) is 52.2 Å². The number of phenols is 2. The van der Waals surface area contributed by atoms with E-state index in [0.29, 0.717) is 0 Å². The summed E-state index contributed by atoms with van der Waals surface area (Å²) >= 11 is 0. The Bertz CT molecular complexity index is 571. The number of rotatable bonds is 2. The van der Waals surface area contributed by atoms with Gasteiger partial charge in [-0.25, -0.2) is 9.59 Å². The molecule has 0 bridgehead atoms. The molecule has 0 aliphatic rings. The summed E-state index contributed by atoms with van der Waals surface area (Å²) in [6.07, 6.45) is 0. The molecule has 106 valence electrons. The molecule has 2 aromatic rings. The quantitative estimate of drug-likeness (QED) is 0.625. The Hall–Kier alpha value is -2.02. The molecule has 7 heteroatoms. The van der Waals surface area contributed by atoms with E-state index in [1.807, 2.05) is 0 Å². The fraction of sp³-hybridized carbons (Fsp3) is 0. The summed E-state index contributed by atoms with van der Waals surface area (Å²) in [6.45, 7) is 0. The Kier molecular flexibility index (Phi) is 8.15. The zero-order valence-corrected chi connectivity index (χ0v) is 10.2. The van der Waals surface area contributed by atoms with Crippen molar-refractivity contribution in [2.45, 2.75) is 0 Å². The van der Waals surface area contributed by atoms with Crippen LogP contribution in [0.5, 0.6) is 11.5 Å². The second kappa shape index (κ2) is 9.02. The molecule has 2 aromatic carbocycles. The molecule has 0 atom stereocenters. The molecule has 0 heterocycles. The number of carboxylic acids is 2. The van der Waals surface area contributed by atoms with Crippen molar-refractivity contribution < 1.29 is 30.0 Å². The fourth-order valence-electron chi connectivity index (χ4n) is 1.31. The van der Waals surface area contributed by atoms with E-state index in [0.717, 1.165) is 0 Å². The number of benzene rings is 2. The number of hydrogen-bond donors (Lipinski definition) is 4. The Labute approximate surface area is 142 Å². The minimum absolute atomic E-state index is 0. The second-order valence-corrected chi connectivity index (χ2v) is 3.64. The van der Waals surface area contributed by atoms with E-state index in [2.05, 4.69) is 0 Å². The summed E-state index contributed by atoms with van der Waals surface area (Å²) in [6, 6.07) is 11.6. The van der Waals surface area contributed by atoms with Crippen LogP contribution in [0, 0.1) is 0 Å². The molecule has 2 rings (SSSR count). The van der Waals surface area contributed by atoms with Crippen LogP contribution >= 0.6 is 0 Å². The third kappa shape index (κ3) is 5.86. The first-order valence-corrected chi connectivity index (χ1v) is 5.46. The van der Waals surface area contributed by atoms with Crippen LogP contribution in [0.1, 0.15) is 20.7 Å². The SMILES string of the molecule is O=C(O)c1ccccc1O.O=C(O)c1ccccc1O.[NaH]. The van der Waals surface area contributed by atoms with Gasteiger partial charge in [0.25, 0.3) is 0 Å². The maximum atomic E-state index is 10.3. The molecule has 0 aromatic heterocycles. The molecule has 4 N–H and O–H groups in total. The van der Waals surface area contributed by atoms with E-state index in [9.17, 15) is 9.59 Å². The second-order valence-electron chi connectivity index (χ2n) is 3.64. The van der Waals surface area contributed by atoms with Gasteiger partial charge in [-0.1, -0.05) is 24.3 Å². The molecule has 0 amide bonds. The van der Waals surface area contributed by atoms with Crippen LogP contribution in [0.3, 0.4) is 0 Å². The summed E-state index contributed by atoms with van der Waals surface area (Å²) in [4.78, 5) is 20.5. The van der Waals surface area contributed by atoms with Crippen molar-refractivity contribution >= 4 is 41.5 Å². The topological polar surface area (TPSA) is 115 Å². The van der Waals surface area contributed by atoms with Crippen molar-refractivity contribution in [1.29, 1.82) is 0 Å². The molecule has 6 nitrogen and oxygen atoms in total. The minimum atomic E-state index is -1.11. The van der Waals surface area contributed by atoms with Crippen molar-refractivity contribution in [3.8, 4) is 11.5 Å². The average Bonchev–Trinajstić information content (AvgIpc) is 2.40. The predicted molar refractivity (Wildman–Crippen MR) is 77.3 cm³/mol. The summed E-state index contributed by atoms with van der Waals surface area (Å²) in [5.74, 6) is -2.62. The number of carbonyl (C=O) groups is 2. The van der Waals surface area contributed by atoms with Gasteiger partial charge in [-0.05, 0) is 24.3 Å². The third-order valence-corrected chi connectivity index (χ3v) is 2.27. The van der Waals surface area contributed by atoms with Gasteiger partial charge in [0.2, 0.25) is 0 Å². The summed E-state index contributed by atoms with van der Waals surface area (Å²) in [5.41, 5.74) is -0.134. The summed E-state index contributed by atoms with van der Waals surface area (Å²) in [7, 11) is 0. The third-order valence-electron chi connectivity index (χ3n) is 2.27. The van der Waals surface area contributed by atoms with Crippen molar-refractivity contribution in [1.82, 2.24) is 0 Å². The van der Waals surface area contributed by atoms with Crippen LogP contribution in [-0.2, 0) is 0 Å². The maximum absolute atomic E-state index is 10.3. The van der Waals surface area contributed by atoms with Crippen LogP contribution in [0.25, 0.3) is 0 Å². The van der Waals surface area contributed by atoms with Crippen molar-refractivity contribution in [2.75, 3.05) is 0 Å². The van der Waals surface area contributed by atoms with Crippen LogP contribution in [0.2, 0.25) is 0 Å². The Balaban J connectivity index is 0.000000364. The molecule has 0 aliphatic heterocycles. The van der Waals surface area contributed by atoms with Gasteiger partial charge in [0.15, 0.2) is 0 Å². The number of carboxylic acid groups (broad SMARTS) is 2. The summed E-state index contributed by atoms with van der Waals surface area (Å²) in [5, 5.41) is 34.6. The molecular formula is C14H13NaO6. The van der Waals surface area contributed by atoms with Gasteiger partial charge in [0.1, 0.15) is 22.6 Å². The van der Waals surface area contributed by atoms with E-state index in [1.165, 1.54) is 24.3 Å². The van der Waals surface area contributed by atoms with Gasteiger partial charge in [-0.2, -0.15) is 0 Å². The first-order valence-electron chi connectivity index (χ1n) is 5.46. The molecule has 0 spiro atoms. The molecule has 0 radical (unpaired) electrons. The van der Waals surface area contributed by atoms with Gasteiger partial charge in [0.05, 0.1) is 0 Å². The number of hydrogen-bond acceptors (Lipinski definition) is 4. The van der Waals surface area contributed by atoms with Gasteiger partial charge in [0, 0.05) is 0 Å². The first-order chi connectivity index (χ1) is 9.43. The van der Waals surface area contributed by atoms with Crippen molar-refractivity contribution in [2.24, 2.45) is 0 Å². The van der Waals surface area contributed by atoms with E-state index < -0.39 is 11.9 Å². The van der Waals surface area contributed by atoms with Gasteiger partial charge >= 0.3 is 41.5 Å².